The molecule has 0 unspecified atom stereocenters. The van der Waals surface area contributed by atoms with Gasteiger partial charge in [0.25, 0.3) is 5.65 Å². The molecule has 6 nitrogen and oxygen atoms in total. The average Bonchev–Trinajstić information content (AvgIpc) is 3.55. The molecule has 0 bridgehead atoms. The van der Waals surface area contributed by atoms with Crippen LogP contribution >= 0.6 is 0 Å². The molecule has 0 radical (unpaired) electrons. The standard InChI is InChI=1S/C30H23N6/c31-18-20-10-12-24(13-11-20)36-30-25-16-23(21-6-2-1-3-7-21)19-32-27(25)14-15-35(30)29(34-36)28-17-22-8-4-5-9-26(22)33-28/h1-17,19,33H,18,31H2/q+1. The molecular weight excluding hydrogens is 444 g/mol. The lowest BCUT2D eigenvalue weighted by Crippen LogP contribution is -2.22. The normalized spacial score (nSPS) is 11.6. The number of aromatic nitrogens is 5. The number of fused-ring (bicyclic) bond motifs is 4. The van der Waals surface area contributed by atoms with Crippen LogP contribution in [0.25, 0.3) is 55.8 Å². The molecule has 6 heteroatoms. The summed E-state index contributed by atoms with van der Waals surface area (Å²) in [5, 5.41) is 7.30. The number of nitrogens with two attached hydrogens (primary N) is 1. The lowest BCUT2D eigenvalue weighted by atomic mass is 10.1. The van der Waals surface area contributed by atoms with Crippen molar-refractivity contribution in [3.8, 4) is 28.3 Å². The molecule has 0 saturated carbocycles. The minimum absolute atomic E-state index is 0.502. The Hall–Kier alpha value is -4.81. The van der Waals surface area contributed by atoms with Gasteiger partial charge >= 0.3 is 5.82 Å². The third kappa shape index (κ3) is 3.27. The smallest absolute Gasteiger partial charge is 0.330 e. The van der Waals surface area contributed by atoms with Gasteiger partial charge in [-0.25, -0.2) is 0 Å². The number of para-hydroxylation sites is 1. The molecule has 7 aromatic rings. The summed E-state index contributed by atoms with van der Waals surface area (Å²) in [6, 6.07) is 33.2. The summed E-state index contributed by atoms with van der Waals surface area (Å²) in [5.74, 6) is 0.830. The van der Waals surface area contributed by atoms with Crippen molar-refractivity contribution in [3.05, 3.63) is 115 Å². The Morgan fingerprint density at radius 3 is 2.44 bits per heavy atom. The van der Waals surface area contributed by atoms with Gasteiger partial charge in [0.1, 0.15) is 11.4 Å². The van der Waals surface area contributed by atoms with Crippen LogP contribution in [0, 0.1) is 0 Å². The molecule has 4 aromatic heterocycles. The van der Waals surface area contributed by atoms with Gasteiger partial charge in [-0.05, 0) is 47.5 Å². The van der Waals surface area contributed by atoms with E-state index in [0.717, 1.165) is 61.3 Å². The van der Waals surface area contributed by atoms with Crippen LogP contribution < -0.4 is 10.1 Å². The number of benzene rings is 3. The number of hydrogen-bond donors (Lipinski definition) is 2. The predicted molar refractivity (Wildman–Crippen MR) is 143 cm³/mol. The van der Waals surface area contributed by atoms with Crippen molar-refractivity contribution >= 4 is 27.5 Å². The summed E-state index contributed by atoms with van der Waals surface area (Å²) >= 11 is 0. The van der Waals surface area contributed by atoms with Gasteiger partial charge in [0.05, 0.1) is 22.2 Å². The highest BCUT2D eigenvalue weighted by Gasteiger charge is 2.26. The van der Waals surface area contributed by atoms with E-state index >= 15 is 0 Å². The summed E-state index contributed by atoms with van der Waals surface area (Å²) in [6.45, 7) is 0.502. The molecule has 0 aliphatic rings. The van der Waals surface area contributed by atoms with Crippen LogP contribution in [-0.4, -0.2) is 19.7 Å². The second kappa shape index (κ2) is 8.15. The van der Waals surface area contributed by atoms with Crippen LogP contribution in [-0.2, 0) is 6.54 Å². The molecule has 0 aliphatic carbocycles. The molecule has 0 fully saturated rings. The highest BCUT2D eigenvalue weighted by molar-refractivity contribution is 5.93. The molecule has 7 rings (SSSR count). The second-order valence-electron chi connectivity index (χ2n) is 8.91. The Morgan fingerprint density at radius 1 is 0.833 bits per heavy atom. The van der Waals surface area contributed by atoms with Gasteiger partial charge in [0.15, 0.2) is 0 Å². The van der Waals surface area contributed by atoms with Crippen molar-refractivity contribution in [1.82, 2.24) is 19.7 Å². The van der Waals surface area contributed by atoms with E-state index < -0.39 is 0 Å². The van der Waals surface area contributed by atoms with E-state index in [1.807, 2.05) is 53.5 Å². The first-order valence-electron chi connectivity index (χ1n) is 11.9. The van der Waals surface area contributed by atoms with Crippen LogP contribution in [0.1, 0.15) is 5.56 Å². The maximum absolute atomic E-state index is 5.85. The number of pyridine rings is 2. The summed E-state index contributed by atoms with van der Waals surface area (Å²) < 4.78 is 4.14. The van der Waals surface area contributed by atoms with Crippen LogP contribution in [0.4, 0.5) is 0 Å². The average molecular weight is 468 g/mol. The predicted octanol–water partition coefficient (Wildman–Crippen LogP) is 5.43. The van der Waals surface area contributed by atoms with Gasteiger partial charge in [-0.3, -0.25) is 4.98 Å². The van der Waals surface area contributed by atoms with Crippen LogP contribution in [0.15, 0.2) is 109 Å². The first-order chi connectivity index (χ1) is 17.8. The molecule has 3 N–H and O–H groups in total. The fraction of sp³-hybridized carbons (Fsp3) is 0.0333. The van der Waals surface area contributed by atoms with Crippen molar-refractivity contribution in [1.29, 1.82) is 0 Å². The van der Waals surface area contributed by atoms with Crippen molar-refractivity contribution < 1.29 is 4.40 Å². The van der Waals surface area contributed by atoms with E-state index in [0.29, 0.717) is 6.54 Å². The molecule has 0 aliphatic heterocycles. The Bertz CT molecular complexity index is 1830. The summed E-state index contributed by atoms with van der Waals surface area (Å²) in [6.07, 6.45) is 3.98. The van der Waals surface area contributed by atoms with Crippen molar-refractivity contribution in [2.75, 3.05) is 0 Å². The van der Waals surface area contributed by atoms with Crippen molar-refractivity contribution in [2.45, 2.75) is 6.54 Å². The number of H-pyrrole nitrogens is 1. The van der Waals surface area contributed by atoms with Crippen molar-refractivity contribution in [3.63, 3.8) is 0 Å². The lowest BCUT2D eigenvalue weighted by molar-refractivity contribution is -0.498. The lowest BCUT2D eigenvalue weighted by Gasteiger charge is -2.04. The number of aromatic amines is 1. The fourth-order valence-electron chi connectivity index (χ4n) is 4.83. The first-order valence-corrected chi connectivity index (χ1v) is 11.9. The Kier molecular flexibility index (Phi) is 4.65. The van der Waals surface area contributed by atoms with Crippen LogP contribution in [0.2, 0.25) is 0 Å². The zero-order chi connectivity index (χ0) is 24.1. The van der Waals surface area contributed by atoms with E-state index in [1.54, 1.807) is 0 Å². The molecule has 3 aromatic carbocycles. The van der Waals surface area contributed by atoms with E-state index in [4.69, 9.17) is 15.8 Å². The molecule has 0 atom stereocenters. The summed E-state index contributed by atoms with van der Waals surface area (Å²) in [4.78, 5) is 8.35. The van der Waals surface area contributed by atoms with Gasteiger partial charge < -0.3 is 10.7 Å². The fourth-order valence-corrected chi connectivity index (χ4v) is 4.83. The third-order valence-electron chi connectivity index (χ3n) is 6.69. The van der Waals surface area contributed by atoms with E-state index in [9.17, 15) is 0 Å². The van der Waals surface area contributed by atoms with Crippen LogP contribution in [0.3, 0.4) is 0 Å². The van der Waals surface area contributed by atoms with Gasteiger partial charge in [-0.2, -0.15) is 4.40 Å². The Labute approximate surface area is 207 Å². The minimum atomic E-state index is 0.502. The molecule has 172 valence electrons. The maximum Gasteiger partial charge on any atom is 0.330 e. The number of nitrogens with zero attached hydrogens (tertiary/aromatic N) is 4. The van der Waals surface area contributed by atoms with E-state index in [1.165, 1.54) is 0 Å². The summed E-state index contributed by atoms with van der Waals surface area (Å²) in [5.41, 5.74) is 14.0. The van der Waals surface area contributed by atoms with Crippen LogP contribution in [0.5, 0.6) is 0 Å². The zero-order valence-electron chi connectivity index (χ0n) is 19.5. The highest BCUT2D eigenvalue weighted by atomic mass is 15.4. The Balaban J connectivity index is 1.54. The Morgan fingerprint density at radius 2 is 1.64 bits per heavy atom. The van der Waals surface area contributed by atoms with Crippen molar-refractivity contribution in [2.24, 2.45) is 5.73 Å². The van der Waals surface area contributed by atoms with E-state index in [2.05, 4.69) is 70.0 Å². The maximum atomic E-state index is 5.85. The third-order valence-corrected chi connectivity index (χ3v) is 6.69. The van der Waals surface area contributed by atoms with Gasteiger partial charge in [0.2, 0.25) is 0 Å². The highest BCUT2D eigenvalue weighted by Crippen LogP contribution is 2.28. The molecule has 0 saturated heterocycles. The van der Waals surface area contributed by atoms with Gasteiger partial charge in [-0.15, -0.1) is 0 Å². The zero-order valence-corrected chi connectivity index (χ0v) is 19.5. The number of rotatable bonds is 4. The topological polar surface area (TPSA) is 76.6 Å². The van der Waals surface area contributed by atoms with Gasteiger partial charge in [-0.1, -0.05) is 65.3 Å². The molecule has 0 amide bonds. The first kappa shape index (κ1) is 20.6. The minimum Gasteiger partial charge on any atom is -0.349 e. The second-order valence-corrected chi connectivity index (χ2v) is 8.91. The number of nitrogens with one attached hydrogen (secondary N) is 1. The monoisotopic (exact) mass is 467 g/mol. The molecule has 4 heterocycles. The number of hydrogen-bond acceptors (Lipinski definition) is 3. The van der Waals surface area contributed by atoms with E-state index in [-0.39, 0.29) is 0 Å². The molecule has 0 spiro atoms. The van der Waals surface area contributed by atoms with Gasteiger partial charge in [0, 0.05) is 29.2 Å². The largest absolute Gasteiger partial charge is 0.349 e. The summed E-state index contributed by atoms with van der Waals surface area (Å²) in [7, 11) is 0. The molecule has 36 heavy (non-hydrogen) atoms. The quantitative estimate of drug-likeness (QED) is 0.339. The SMILES string of the molecule is NCc1ccc(-n2nc(-c3cc4ccccc4[nH]3)[n+]3ccc4ncc(-c5ccccc5)cc4c23)cc1. The molecular formula is C30H23N6+.